The minimum Gasteiger partial charge on any atom is -0.339 e. The Morgan fingerprint density at radius 1 is 1.26 bits per heavy atom. The van der Waals surface area contributed by atoms with Crippen molar-refractivity contribution in [3.05, 3.63) is 74.8 Å². The van der Waals surface area contributed by atoms with Gasteiger partial charge in [-0.15, -0.1) is 0 Å². The van der Waals surface area contributed by atoms with Crippen molar-refractivity contribution < 1.29 is 9.72 Å². The Morgan fingerprint density at radius 3 is 2.61 bits per heavy atom. The first-order valence-corrected chi connectivity index (χ1v) is 7.51. The third-order valence-corrected chi connectivity index (χ3v) is 4.07. The van der Waals surface area contributed by atoms with Crippen molar-refractivity contribution >= 4 is 23.2 Å². The van der Waals surface area contributed by atoms with Crippen molar-refractivity contribution in [2.24, 2.45) is 0 Å². The van der Waals surface area contributed by atoms with Gasteiger partial charge in [-0.1, -0.05) is 41.9 Å². The molecule has 2 aromatic carbocycles. The van der Waals surface area contributed by atoms with Crippen LogP contribution in [0.5, 0.6) is 0 Å². The summed E-state index contributed by atoms with van der Waals surface area (Å²) in [7, 11) is 1.68. The summed E-state index contributed by atoms with van der Waals surface area (Å²) in [4.78, 5) is 24.6. The lowest BCUT2D eigenvalue weighted by molar-refractivity contribution is -0.385. The van der Waals surface area contributed by atoms with E-state index in [1.807, 2.05) is 19.1 Å². The highest BCUT2D eigenvalue weighted by atomic mass is 35.5. The number of benzene rings is 2. The van der Waals surface area contributed by atoms with E-state index in [1.54, 1.807) is 42.3 Å². The van der Waals surface area contributed by atoms with Crippen molar-refractivity contribution in [2.45, 2.75) is 19.4 Å². The molecular weight excluding hydrogens is 316 g/mol. The van der Waals surface area contributed by atoms with E-state index in [0.717, 1.165) is 5.56 Å². The average Bonchev–Trinajstić information content (AvgIpc) is 2.53. The molecule has 23 heavy (non-hydrogen) atoms. The highest BCUT2D eigenvalue weighted by Gasteiger charge is 2.21. The van der Waals surface area contributed by atoms with Gasteiger partial charge in [0.2, 0.25) is 5.91 Å². The minimum absolute atomic E-state index is 0.0153. The zero-order chi connectivity index (χ0) is 17.0. The number of hydrogen-bond donors (Lipinski definition) is 0. The smallest absolute Gasteiger partial charge is 0.273 e. The van der Waals surface area contributed by atoms with E-state index in [1.165, 1.54) is 6.07 Å². The maximum Gasteiger partial charge on any atom is 0.273 e. The van der Waals surface area contributed by atoms with Gasteiger partial charge in [-0.3, -0.25) is 14.9 Å². The third kappa shape index (κ3) is 4.07. The Labute approximate surface area is 139 Å². The molecule has 1 atom stereocenters. The molecule has 2 aromatic rings. The number of carbonyl (C=O) groups excluding carboxylic acids is 1. The first-order chi connectivity index (χ1) is 10.9. The lowest BCUT2D eigenvalue weighted by atomic mass is 10.1. The minimum atomic E-state index is -0.469. The van der Waals surface area contributed by atoms with Crippen LogP contribution in [0.3, 0.4) is 0 Å². The highest BCUT2D eigenvalue weighted by Crippen LogP contribution is 2.24. The van der Waals surface area contributed by atoms with Crippen molar-refractivity contribution in [3.8, 4) is 0 Å². The second kappa shape index (κ2) is 7.24. The molecule has 0 saturated heterocycles. The van der Waals surface area contributed by atoms with Crippen LogP contribution in [0.2, 0.25) is 5.02 Å². The fourth-order valence-corrected chi connectivity index (χ4v) is 2.53. The molecule has 0 saturated carbocycles. The average molecular weight is 333 g/mol. The molecule has 0 aliphatic heterocycles. The molecule has 5 nitrogen and oxygen atoms in total. The molecule has 0 radical (unpaired) electrons. The summed E-state index contributed by atoms with van der Waals surface area (Å²) >= 11 is 5.98. The molecule has 0 aliphatic rings. The number of rotatable bonds is 5. The number of amides is 1. The summed E-state index contributed by atoms with van der Waals surface area (Å²) in [6.45, 7) is 1.89. The normalized spacial score (nSPS) is 11.8. The Morgan fingerprint density at radius 2 is 1.96 bits per heavy atom. The molecule has 0 heterocycles. The van der Waals surface area contributed by atoms with Crippen LogP contribution in [0.15, 0.2) is 48.5 Å². The molecule has 1 unspecified atom stereocenters. The van der Waals surface area contributed by atoms with E-state index in [2.05, 4.69) is 0 Å². The van der Waals surface area contributed by atoms with Gasteiger partial charge >= 0.3 is 0 Å². The number of nitro benzene ring substituents is 1. The molecule has 0 aliphatic carbocycles. The molecule has 0 spiro atoms. The Kier molecular flexibility index (Phi) is 5.34. The first-order valence-electron chi connectivity index (χ1n) is 7.13. The Bertz CT molecular complexity index is 733. The van der Waals surface area contributed by atoms with Crippen LogP contribution in [-0.4, -0.2) is 22.8 Å². The summed E-state index contributed by atoms with van der Waals surface area (Å²) < 4.78 is 0. The largest absolute Gasteiger partial charge is 0.339 e. The highest BCUT2D eigenvalue weighted by molar-refractivity contribution is 6.30. The fraction of sp³-hybridized carbons (Fsp3) is 0.235. The van der Waals surface area contributed by atoms with Crippen LogP contribution in [0.1, 0.15) is 24.1 Å². The van der Waals surface area contributed by atoms with E-state index in [0.29, 0.717) is 10.6 Å². The van der Waals surface area contributed by atoms with Gasteiger partial charge in [0.05, 0.1) is 17.4 Å². The number of hydrogen-bond acceptors (Lipinski definition) is 3. The maximum absolute atomic E-state index is 12.5. The number of nitro groups is 1. The Balaban J connectivity index is 2.16. The molecule has 1 amide bonds. The molecule has 0 fully saturated rings. The lowest BCUT2D eigenvalue weighted by Gasteiger charge is -2.25. The van der Waals surface area contributed by atoms with Crippen LogP contribution in [0, 0.1) is 10.1 Å². The van der Waals surface area contributed by atoms with Crippen LogP contribution < -0.4 is 0 Å². The van der Waals surface area contributed by atoms with E-state index in [9.17, 15) is 14.9 Å². The van der Waals surface area contributed by atoms with Crippen molar-refractivity contribution in [2.75, 3.05) is 7.05 Å². The van der Waals surface area contributed by atoms with Gasteiger partial charge in [0, 0.05) is 23.7 Å². The maximum atomic E-state index is 12.5. The fourth-order valence-electron chi connectivity index (χ4n) is 2.33. The van der Waals surface area contributed by atoms with Gasteiger partial charge in [0.1, 0.15) is 0 Å². The van der Waals surface area contributed by atoms with Gasteiger partial charge in [0.25, 0.3) is 5.69 Å². The number of carbonyl (C=O) groups is 1. The van der Waals surface area contributed by atoms with Crippen molar-refractivity contribution in [1.82, 2.24) is 4.90 Å². The number of likely N-dealkylation sites (N-methyl/N-ethyl adjacent to an activating group) is 1. The zero-order valence-electron chi connectivity index (χ0n) is 12.9. The van der Waals surface area contributed by atoms with E-state index >= 15 is 0 Å². The number of para-hydroxylation sites is 1. The second-order valence-corrected chi connectivity index (χ2v) is 5.73. The summed E-state index contributed by atoms with van der Waals surface area (Å²) in [6.07, 6.45) is -0.0153. The van der Waals surface area contributed by atoms with Gasteiger partial charge < -0.3 is 4.90 Å². The molecule has 0 aromatic heterocycles. The summed E-state index contributed by atoms with van der Waals surface area (Å²) in [5.41, 5.74) is 1.29. The quantitative estimate of drug-likeness (QED) is 0.614. The summed E-state index contributed by atoms with van der Waals surface area (Å²) in [6, 6.07) is 13.4. The number of halogens is 1. The van der Waals surface area contributed by atoms with E-state index in [4.69, 9.17) is 11.6 Å². The van der Waals surface area contributed by atoms with Gasteiger partial charge in [-0.25, -0.2) is 0 Å². The van der Waals surface area contributed by atoms with E-state index in [-0.39, 0.29) is 24.1 Å². The first kappa shape index (κ1) is 17.0. The van der Waals surface area contributed by atoms with Gasteiger partial charge in [-0.2, -0.15) is 0 Å². The molecule has 2 rings (SSSR count). The Hall–Kier alpha value is -2.40. The van der Waals surface area contributed by atoms with E-state index < -0.39 is 4.92 Å². The van der Waals surface area contributed by atoms with Crippen molar-refractivity contribution in [3.63, 3.8) is 0 Å². The second-order valence-electron chi connectivity index (χ2n) is 5.30. The molecule has 6 heteroatoms. The zero-order valence-corrected chi connectivity index (χ0v) is 13.7. The van der Waals surface area contributed by atoms with Crippen LogP contribution in [0.4, 0.5) is 5.69 Å². The lowest BCUT2D eigenvalue weighted by Crippen LogP contribution is -2.31. The monoisotopic (exact) mass is 332 g/mol. The topological polar surface area (TPSA) is 63.5 Å². The molecule has 0 bridgehead atoms. The number of nitrogens with zero attached hydrogens (tertiary/aromatic N) is 2. The molecule has 0 N–H and O–H groups in total. The third-order valence-electron chi connectivity index (χ3n) is 3.84. The SMILES string of the molecule is CC(c1cccc(Cl)c1)N(C)C(=O)Cc1ccccc1[N+](=O)[O-]. The van der Waals surface area contributed by atoms with Crippen LogP contribution in [0.25, 0.3) is 0 Å². The molecule has 120 valence electrons. The summed E-state index contributed by atoms with van der Waals surface area (Å²) in [5.74, 6) is -0.188. The standard InChI is InChI=1S/C17H17ClN2O3/c1-12(13-7-5-8-15(18)10-13)19(2)17(21)11-14-6-3-4-9-16(14)20(22)23/h3-10,12H,11H2,1-2H3. The van der Waals surface area contributed by atoms with Gasteiger partial charge in [0.15, 0.2) is 0 Å². The van der Waals surface area contributed by atoms with Crippen LogP contribution in [-0.2, 0) is 11.2 Å². The van der Waals surface area contributed by atoms with Gasteiger partial charge in [-0.05, 0) is 24.6 Å². The van der Waals surface area contributed by atoms with Crippen molar-refractivity contribution in [1.29, 1.82) is 0 Å². The predicted octanol–water partition coefficient (Wildman–Crippen LogP) is 4.01. The summed E-state index contributed by atoms with van der Waals surface area (Å²) in [5, 5.41) is 11.6. The predicted molar refractivity (Wildman–Crippen MR) is 89.4 cm³/mol. The molecular formula is C17H17ClN2O3. The van der Waals surface area contributed by atoms with Crippen LogP contribution >= 0.6 is 11.6 Å².